The molecule has 4 heterocycles. The highest BCUT2D eigenvalue weighted by atomic mass is 32.2. The Labute approximate surface area is 205 Å². The first-order chi connectivity index (χ1) is 16.8. The van der Waals surface area contributed by atoms with Gasteiger partial charge in [-0.2, -0.15) is 13.2 Å². The molecule has 2 saturated heterocycles. The number of rotatable bonds is 5. The summed E-state index contributed by atoms with van der Waals surface area (Å²) in [7, 11) is 0. The number of fused-ring (bicyclic) bond motifs is 1. The third-order valence-corrected chi connectivity index (χ3v) is 7.21. The molecule has 0 bridgehead atoms. The van der Waals surface area contributed by atoms with E-state index in [9.17, 15) is 17.6 Å². The fourth-order valence-electron chi connectivity index (χ4n) is 4.72. The Hall–Kier alpha value is -2.85. The molecule has 3 aromatic rings. The molecular formula is C25H25F4N5S. The highest BCUT2D eigenvalue weighted by Gasteiger charge is 2.37. The van der Waals surface area contributed by atoms with Crippen LogP contribution >= 0.6 is 11.9 Å². The molecule has 0 saturated carbocycles. The van der Waals surface area contributed by atoms with Gasteiger partial charge in [-0.05, 0) is 43.2 Å². The smallest absolute Gasteiger partial charge is 0.354 e. The molecule has 5 rings (SSSR count). The molecule has 184 valence electrons. The Morgan fingerprint density at radius 1 is 0.971 bits per heavy atom. The number of nitrogens with one attached hydrogen (secondary N) is 1. The van der Waals surface area contributed by atoms with Gasteiger partial charge in [-0.15, -0.1) is 0 Å². The summed E-state index contributed by atoms with van der Waals surface area (Å²) >= 11 is 1.19. The number of pyridine rings is 2. The summed E-state index contributed by atoms with van der Waals surface area (Å²) in [6.45, 7) is 4.59. The number of benzene rings is 1. The van der Waals surface area contributed by atoms with Crippen LogP contribution in [0.25, 0.3) is 11.3 Å². The van der Waals surface area contributed by atoms with E-state index in [1.807, 2.05) is 18.2 Å². The van der Waals surface area contributed by atoms with E-state index in [-0.39, 0.29) is 11.7 Å². The topological polar surface area (TPSA) is 44.3 Å². The van der Waals surface area contributed by atoms with Gasteiger partial charge in [0.25, 0.3) is 0 Å². The van der Waals surface area contributed by atoms with E-state index in [2.05, 4.69) is 19.5 Å². The standard InChI is InChI=1S/C25H25F4N5S/c1-16-5-2-3-6-19(16)24-20(25(27,28)29)9-10-21(30-24)32-35-23-8-4-7-22(31-23)34-12-11-33-14-17(26)13-18(33)15-34/h2-10,17-18H,11-15H2,1H3,(H,30,32). The zero-order chi connectivity index (χ0) is 24.6. The van der Waals surface area contributed by atoms with E-state index in [1.165, 1.54) is 18.0 Å². The molecule has 2 fully saturated rings. The molecule has 0 aliphatic carbocycles. The first-order valence-corrected chi connectivity index (χ1v) is 12.3. The van der Waals surface area contributed by atoms with Crippen molar-refractivity contribution in [3.05, 3.63) is 65.7 Å². The highest BCUT2D eigenvalue weighted by molar-refractivity contribution is 8.00. The zero-order valence-electron chi connectivity index (χ0n) is 19.1. The van der Waals surface area contributed by atoms with Crippen LogP contribution in [0.2, 0.25) is 0 Å². The Kier molecular flexibility index (Phi) is 6.59. The van der Waals surface area contributed by atoms with Crippen molar-refractivity contribution in [2.45, 2.75) is 36.8 Å². The van der Waals surface area contributed by atoms with Crippen LogP contribution in [0.5, 0.6) is 0 Å². The van der Waals surface area contributed by atoms with Crippen LogP contribution in [-0.4, -0.2) is 53.3 Å². The number of nitrogens with zero attached hydrogens (tertiary/aromatic N) is 4. The minimum Gasteiger partial charge on any atom is -0.354 e. The number of aryl methyl sites for hydroxylation is 1. The SMILES string of the molecule is Cc1ccccc1-c1nc(NSc2cccc(N3CCN4CC(F)CC4C3)n2)ccc1C(F)(F)F. The molecule has 5 nitrogen and oxygen atoms in total. The van der Waals surface area contributed by atoms with Crippen molar-refractivity contribution in [3.8, 4) is 11.3 Å². The fourth-order valence-corrected chi connectivity index (χ4v) is 5.33. The summed E-state index contributed by atoms with van der Waals surface area (Å²) in [6.07, 6.45) is -4.73. The van der Waals surface area contributed by atoms with E-state index in [1.54, 1.807) is 31.2 Å². The van der Waals surface area contributed by atoms with Gasteiger partial charge in [0.2, 0.25) is 0 Å². The number of halogens is 4. The number of piperazine rings is 1. The molecule has 0 radical (unpaired) electrons. The quantitative estimate of drug-likeness (QED) is 0.350. The van der Waals surface area contributed by atoms with Crippen LogP contribution in [-0.2, 0) is 6.18 Å². The van der Waals surface area contributed by atoms with Gasteiger partial charge in [0.15, 0.2) is 0 Å². The summed E-state index contributed by atoms with van der Waals surface area (Å²) in [5, 5.41) is 0.666. The lowest BCUT2D eigenvalue weighted by molar-refractivity contribution is -0.137. The third-order valence-electron chi connectivity index (χ3n) is 6.46. The lowest BCUT2D eigenvalue weighted by Crippen LogP contribution is -2.50. The second-order valence-electron chi connectivity index (χ2n) is 8.87. The molecule has 0 amide bonds. The van der Waals surface area contributed by atoms with Crippen LogP contribution in [0.3, 0.4) is 0 Å². The zero-order valence-corrected chi connectivity index (χ0v) is 19.9. The van der Waals surface area contributed by atoms with Crippen molar-refractivity contribution in [2.75, 3.05) is 35.8 Å². The van der Waals surface area contributed by atoms with E-state index in [0.29, 0.717) is 34.9 Å². The number of hydrogen-bond donors (Lipinski definition) is 1. The second kappa shape index (κ2) is 9.66. The van der Waals surface area contributed by atoms with Crippen molar-refractivity contribution in [1.82, 2.24) is 14.9 Å². The lowest BCUT2D eigenvalue weighted by atomic mass is 10.0. The summed E-state index contributed by atoms with van der Waals surface area (Å²) < 4.78 is 57.8. The summed E-state index contributed by atoms with van der Waals surface area (Å²) in [4.78, 5) is 13.4. The third kappa shape index (κ3) is 5.23. The number of hydrogen-bond acceptors (Lipinski definition) is 6. The van der Waals surface area contributed by atoms with E-state index in [0.717, 1.165) is 31.5 Å². The van der Waals surface area contributed by atoms with Crippen molar-refractivity contribution >= 4 is 23.6 Å². The van der Waals surface area contributed by atoms with Crippen LogP contribution in [0.4, 0.5) is 29.2 Å². The molecule has 10 heteroatoms. The maximum atomic E-state index is 13.8. The monoisotopic (exact) mass is 503 g/mol. The van der Waals surface area contributed by atoms with E-state index < -0.39 is 17.9 Å². The van der Waals surface area contributed by atoms with Crippen LogP contribution < -0.4 is 9.62 Å². The van der Waals surface area contributed by atoms with Crippen molar-refractivity contribution in [3.63, 3.8) is 0 Å². The molecular weight excluding hydrogens is 478 g/mol. The van der Waals surface area contributed by atoms with Crippen LogP contribution in [0.1, 0.15) is 17.5 Å². The first kappa shape index (κ1) is 23.9. The van der Waals surface area contributed by atoms with Crippen molar-refractivity contribution in [2.24, 2.45) is 0 Å². The van der Waals surface area contributed by atoms with Gasteiger partial charge in [-0.3, -0.25) is 4.90 Å². The summed E-state index contributed by atoms with van der Waals surface area (Å²) in [6, 6.07) is 15.1. The number of aromatic nitrogens is 2. The maximum Gasteiger partial charge on any atom is 0.418 e. The van der Waals surface area contributed by atoms with Crippen molar-refractivity contribution < 1.29 is 17.6 Å². The van der Waals surface area contributed by atoms with Crippen LogP contribution in [0, 0.1) is 6.92 Å². The Bertz CT molecular complexity index is 1200. The van der Waals surface area contributed by atoms with Gasteiger partial charge in [-0.25, -0.2) is 14.4 Å². The number of alkyl halides is 4. The lowest BCUT2D eigenvalue weighted by Gasteiger charge is -2.37. The predicted molar refractivity (Wildman–Crippen MR) is 130 cm³/mol. The first-order valence-electron chi connectivity index (χ1n) is 11.4. The average molecular weight is 504 g/mol. The minimum atomic E-state index is -4.52. The maximum absolute atomic E-state index is 13.8. The van der Waals surface area contributed by atoms with Gasteiger partial charge < -0.3 is 9.62 Å². The Morgan fingerprint density at radius 2 is 1.80 bits per heavy atom. The molecule has 2 aliphatic rings. The molecule has 2 atom stereocenters. The van der Waals surface area contributed by atoms with Gasteiger partial charge in [0, 0.05) is 49.7 Å². The second-order valence-corrected chi connectivity index (χ2v) is 9.70. The molecule has 2 unspecified atom stereocenters. The normalized spacial score (nSPS) is 20.7. The molecule has 35 heavy (non-hydrogen) atoms. The molecule has 0 spiro atoms. The van der Waals surface area contributed by atoms with Gasteiger partial charge in [-0.1, -0.05) is 30.3 Å². The molecule has 2 aromatic heterocycles. The summed E-state index contributed by atoms with van der Waals surface area (Å²) in [5.41, 5.74) is 0.272. The summed E-state index contributed by atoms with van der Waals surface area (Å²) in [5.74, 6) is 1.11. The minimum absolute atomic E-state index is 0.108. The fraction of sp³-hybridized carbons (Fsp3) is 0.360. The van der Waals surface area contributed by atoms with Crippen LogP contribution in [0.15, 0.2) is 59.6 Å². The Balaban J connectivity index is 1.33. The largest absolute Gasteiger partial charge is 0.418 e. The highest BCUT2D eigenvalue weighted by Crippen LogP contribution is 2.38. The van der Waals surface area contributed by atoms with Crippen molar-refractivity contribution in [1.29, 1.82) is 0 Å². The van der Waals surface area contributed by atoms with Gasteiger partial charge in [0.05, 0.1) is 11.3 Å². The van der Waals surface area contributed by atoms with E-state index in [4.69, 9.17) is 4.98 Å². The predicted octanol–water partition coefficient (Wildman–Crippen LogP) is 5.82. The Morgan fingerprint density at radius 3 is 2.60 bits per heavy atom. The number of anilines is 2. The molecule has 1 aromatic carbocycles. The molecule has 1 N–H and O–H groups in total. The molecule has 2 aliphatic heterocycles. The average Bonchev–Trinajstić information content (AvgIpc) is 3.21. The van der Waals surface area contributed by atoms with Gasteiger partial charge in [0.1, 0.15) is 22.8 Å². The van der Waals surface area contributed by atoms with Gasteiger partial charge >= 0.3 is 6.18 Å². The van der Waals surface area contributed by atoms with E-state index >= 15 is 0 Å².